The number of pyridine rings is 1. The minimum atomic E-state index is 0.0493. The van der Waals surface area contributed by atoms with Gasteiger partial charge in [0, 0.05) is 19.9 Å². The van der Waals surface area contributed by atoms with E-state index in [9.17, 15) is 4.79 Å². The highest BCUT2D eigenvalue weighted by Gasteiger charge is 2.14. The molecular weight excluding hydrogens is 276 g/mol. The third kappa shape index (κ3) is 5.60. The predicted octanol–water partition coefficient (Wildman–Crippen LogP) is 3.19. The molecule has 2 rings (SSSR count). The van der Waals surface area contributed by atoms with Crippen LogP contribution in [-0.2, 0) is 16.1 Å². The molecule has 1 saturated carbocycles. The van der Waals surface area contributed by atoms with Crippen LogP contribution >= 0.6 is 0 Å². The van der Waals surface area contributed by atoms with Crippen LogP contribution in [0.5, 0.6) is 0 Å². The summed E-state index contributed by atoms with van der Waals surface area (Å²) < 4.78 is 5.12. The van der Waals surface area contributed by atoms with Gasteiger partial charge in [0.1, 0.15) is 0 Å². The molecule has 1 aromatic heterocycles. The van der Waals surface area contributed by atoms with E-state index in [2.05, 4.69) is 11.1 Å². The van der Waals surface area contributed by atoms with Crippen molar-refractivity contribution in [1.82, 2.24) is 9.88 Å². The third-order valence-electron chi connectivity index (χ3n) is 4.12. The molecule has 22 heavy (non-hydrogen) atoms. The number of nitrogens with zero attached hydrogens (tertiary/aromatic N) is 2. The predicted molar refractivity (Wildman–Crippen MR) is 87.2 cm³/mol. The Balaban J connectivity index is 1.94. The van der Waals surface area contributed by atoms with Gasteiger partial charge >= 0.3 is 0 Å². The average Bonchev–Trinajstić information content (AvgIpc) is 2.58. The number of carbonyl (C=O) groups is 1. The Morgan fingerprint density at radius 2 is 2.18 bits per heavy atom. The Bertz CT molecular complexity index is 467. The average molecular weight is 302 g/mol. The van der Waals surface area contributed by atoms with Crippen LogP contribution in [0.25, 0.3) is 0 Å². The number of rotatable bonds is 7. The SMILES string of the molecule is COCCN(Cc1ccccn1)C(=O)/C=C\C1CCCCC1. The molecule has 0 unspecified atom stereocenters. The summed E-state index contributed by atoms with van der Waals surface area (Å²) in [6.07, 6.45) is 11.9. The Hall–Kier alpha value is -1.68. The van der Waals surface area contributed by atoms with Crippen molar-refractivity contribution in [3.8, 4) is 0 Å². The fourth-order valence-corrected chi connectivity index (χ4v) is 2.81. The summed E-state index contributed by atoms with van der Waals surface area (Å²) in [5.74, 6) is 0.616. The molecule has 1 fully saturated rings. The van der Waals surface area contributed by atoms with Gasteiger partial charge in [-0.3, -0.25) is 9.78 Å². The Morgan fingerprint density at radius 1 is 1.36 bits per heavy atom. The van der Waals surface area contributed by atoms with E-state index < -0.39 is 0 Å². The van der Waals surface area contributed by atoms with Crippen LogP contribution in [0.2, 0.25) is 0 Å². The molecule has 1 heterocycles. The van der Waals surface area contributed by atoms with Gasteiger partial charge in [-0.25, -0.2) is 0 Å². The van der Waals surface area contributed by atoms with Crippen LogP contribution in [-0.4, -0.2) is 36.1 Å². The molecule has 1 amide bonds. The molecule has 0 N–H and O–H groups in total. The molecule has 1 aromatic rings. The van der Waals surface area contributed by atoms with Crippen molar-refractivity contribution in [2.24, 2.45) is 5.92 Å². The minimum absolute atomic E-state index is 0.0493. The highest BCUT2D eigenvalue weighted by Crippen LogP contribution is 2.24. The fourth-order valence-electron chi connectivity index (χ4n) is 2.81. The fraction of sp³-hybridized carbons (Fsp3) is 0.556. The number of hydrogen-bond acceptors (Lipinski definition) is 3. The Labute approximate surface area is 133 Å². The van der Waals surface area contributed by atoms with Gasteiger partial charge in [-0.15, -0.1) is 0 Å². The zero-order chi connectivity index (χ0) is 15.6. The number of hydrogen-bond donors (Lipinski definition) is 0. The standard InChI is InChI=1S/C18H26N2O2/c1-22-14-13-20(15-17-9-5-6-12-19-17)18(21)11-10-16-7-3-2-4-8-16/h5-6,9-12,16H,2-4,7-8,13-15H2,1H3/b11-10-. The van der Waals surface area contributed by atoms with Gasteiger partial charge in [0.2, 0.25) is 5.91 Å². The summed E-state index contributed by atoms with van der Waals surface area (Å²) in [7, 11) is 1.65. The van der Waals surface area contributed by atoms with Crippen molar-refractivity contribution in [3.63, 3.8) is 0 Å². The molecule has 4 heteroatoms. The first-order valence-corrected chi connectivity index (χ1v) is 8.15. The second-order valence-electron chi connectivity index (χ2n) is 5.83. The summed E-state index contributed by atoms with van der Waals surface area (Å²) in [6, 6.07) is 5.77. The molecular formula is C18H26N2O2. The van der Waals surface area contributed by atoms with Gasteiger partial charge in [0.05, 0.1) is 18.8 Å². The lowest BCUT2D eigenvalue weighted by atomic mass is 9.89. The van der Waals surface area contributed by atoms with Gasteiger partial charge in [0.15, 0.2) is 0 Å². The molecule has 0 saturated heterocycles. The number of ether oxygens (including phenoxy) is 1. The number of amides is 1. The van der Waals surface area contributed by atoms with Crippen molar-refractivity contribution in [2.45, 2.75) is 38.6 Å². The maximum Gasteiger partial charge on any atom is 0.246 e. The normalized spacial score (nSPS) is 16.0. The Kier molecular flexibility index (Phi) is 7.10. The van der Waals surface area contributed by atoms with Crippen molar-refractivity contribution in [1.29, 1.82) is 0 Å². The van der Waals surface area contributed by atoms with Gasteiger partial charge in [0.25, 0.3) is 0 Å². The lowest BCUT2D eigenvalue weighted by Crippen LogP contribution is -2.32. The second kappa shape index (κ2) is 9.36. The molecule has 1 aliphatic carbocycles. The van der Waals surface area contributed by atoms with E-state index in [4.69, 9.17) is 4.74 Å². The first-order valence-electron chi connectivity index (χ1n) is 8.15. The van der Waals surface area contributed by atoms with Crippen LogP contribution in [0.4, 0.5) is 0 Å². The Morgan fingerprint density at radius 3 is 2.86 bits per heavy atom. The summed E-state index contributed by atoms with van der Waals surface area (Å²) in [5.41, 5.74) is 0.901. The minimum Gasteiger partial charge on any atom is -0.383 e. The lowest BCUT2D eigenvalue weighted by Gasteiger charge is -2.21. The zero-order valence-corrected chi connectivity index (χ0v) is 13.4. The van der Waals surface area contributed by atoms with Crippen molar-refractivity contribution < 1.29 is 9.53 Å². The molecule has 0 atom stereocenters. The molecule has 1 aliphatic rings. The zero-order valence-electron chi connectivity index (χ0n) is 13.4. The third-order valence-corrected chi connectivity index (χ3v) is 4.12. The molecule has 0 bridgehead atoms. The van der Waals surface area contributed by atoms with Gasteiger partial charge < -0.3 is 9.64 Å². The number of carbonyl (C=O) groups excluding carboxylic acids is 1. The van der Waals surface area contributed by atoms with E-state index >= 15 is 0 Å². The first kappa shape index (κ1) is 16.7. The van der Waals surface area contributed by atoms with E-state index in [0.717, 1.165) is 5.69 Å². The van der Waals surface area contributed by atoms with Crippen LogP contribution in [0.1, 0.15) is 37.8 Å². The summed E-state index contributed by atoms with van der Waals surface area (Å²) in [5, 5.41) is 0. The molecule has 0 aromatic carbocycles. The largest absolute Gasteiger partial charge is 0.383 e. The number of methoxy groups -OCH3 is 1. The van der Waals surface area contributed by atoms with Gasteiger partial charge in [-0.1, -0.05) is 31.4 Å². The maximum atomic E-state index is 12.5. The molecule has 120 valence electrons. The topological polar surface area (TPSA) is 42.4 Å². The monoisotopic (exact) mass is 302 g/mol. The van der Waals surface area contributed by atoms with Gasteiger partial charge in [-0.05, 0) is 37.0 Å². The van der Waals surface area contributed by atoms with E-state index in [-0.39, 0.29) is 5.91 Å². The van der Waals surface area contributed by atoms with E-state index in [1.165, 1.54) is 32.1 Å². The van der Waals surface area contributed by atoms with Crippen LogP contribution in [0, 0.1) is 5.92 Å². The van der Waals surface area contributed by atoms with Crippen LogP contribution < -0.4 is 0 Å². The van der Waals surface area contributed by atoms with Crippen LogP contribution in [0.3, 0.4) is 0 Å². The number of aromatic nitrogens is 1. The highest BCUT2D eigenvalue weighted by molar-refractivity contribution is 5.87. The van der Waals surface area contributed by atoms with Crippen molar-refractivity contribution in [2.75, 3.05) is 20.3 Å². The molecule has 4 nitrogen and oxygen atoms in total. The molecule has 0 spiro atoms. The first-order chi connectivity index (χ1) is 10.8. The smallest absolute Gasteiger partial charge is 0.246 e. The van der Waals surface area contributed by atoms with Crippen LogP contribution in [0.15, 0.2) is 36.5 Å². The summed E-state index contributed by atoms with van der Waals surface area (Å²) >= 11 is 0. The second-order valence-corrected chi connectivity index (χ2v) is 5.83. The number of allylic oxidation sites excluding steroid dienone is 1. The summed E-state index contributed by atoms with van der Waals surface area (Å²) in [6.45, 7) is 1.65. The van der Waals surface area contributed by atoms with E-state index in [1.807, 2.05) is 18.2 Å². The van der Waals surface area contributed by atoms with Crippen molar-refractivity contribution >= 4 is 5.91 Å². The quantitative estimate of drug-likeness (QED) is 0.726. The highest BCUT2D eigenvalue weighted by atomic mass is 16.5. The maximum absolute atomic E-state index is 12.5. The van der Waals surface area contributed by atoms with E-state index in [0.29, 0.717) is 25.6 Å². The van der Waals surface area contributed by atoms with Gasteiger partial charge in [-0.2, -0.15) is 0 Å². The summed E-state index contributed by atoms with van der Waals surface area (Å²) in [4.78, 5) is 18.5. The van der Waals surface area contributed by atoms with E-state index in [1.54, 1.807) is 24.3 Å². The lowest BCUT2D eigenvalue weighted by molar-refractivity contribution is -0.127. The molecule has 0 aliphatic heterocycles. The molecule has 0 radical (unpaired) electrons. The van der Waals surface area contributed by atoms with Crippen molar-refractivity contribution in [3.05, 3.63) is 42.2 Å².